The van der Waals surface area contributed by atoms with Gasteiger partial charge in [0.2, 0.25) is 5.91 Å². The molecular weight excluding hydrogens is 278 g/mol. The van der Waals surface area contributed by atoms with Crippen LogP contribution in [0, 0.1) is 0 Å². The van der Waals surface area contributed by atoms with Crippen molar-refractivity contribution in [2.24, 2.45) is 5.10 Å². The highest BCUT2D eigenvalue weighted by Gasteiger charge is 2.21. The molecule has 5 heteroatoms. The van der Waals surface area contributed by atoms with Gasteiger partial charge >= 0.3 is 0 Å². The van der Waals surface area contributed by atoms with E-state index in [1.165, 1.54) is 0 Å². The summed E-state index contributed by atoms with van der Waals surface area (Å²) in [6.45, 7) is 2.14. The summed E-state index contributed by atoms with van der Waals surface area (Å²) < 4.78 is 5.16. The molecule has 1 N–H and O–H groups in total. The van der Waals surface area contributed by atoms with Crippen molar-refractivity contribution in [1.29, 1.82) is 0 Å². The maximum atomic E-state index is 11.8. The Bertz CT molecular complexity index is 723. The molecule has 0 radical (unpaired) electrons. The summed E-state index contributed by atoms with van der Waals surface area (Å²) in [5.74, 6) is 0.740. The van der Waals surface area contributed by atoms with Crippen LogP contribution >= 0.6 is 0 Å². The number of carbonyl (C=O) groups is 1. The zero-order valence-corrected chi connectivity index (χ0v) is 12.5. The number of amides is 1. The van der Waals surface area contributed by atoms with E-state index in [0.29, 0.717) is 0 Å². The van der Waals surface area contributed by atoms with Gasteiger partial charge in [0.15, 0.2) is 0 Å². The van der Waals surface area contributed by atoms with Crippen molar-refractivity contribution in [2.75, 3.05) is 24.0 Å². The van der Waals surface area contributed by atoms with Crippen molar-refractivity contribution in [3.05, 3.63) is 54.1 Å². The first-order valence-electron chi connectivity index (χ1n) is 7.03. The van der Waals surface area contributed by atoms with Gasteiger partial charge < -0.3 is 10.1 Å². The molecule has 0 saturated carbocycles. The van der Waals surface area contributed by atoms with Crippen LogP contribution in [0.15, 0.2) is 53.6 Å². The Morgan fingerprint density at radius 3 is 2.64 bits per heavy atom. The van der Waals surface area contributed by atoms with Gasteiger partial charge in [-0.1, -0.05) is 12.1 Å². The molecule has 0 spiro atoms. The highest BCUT2D eigenvalue weighted by Crippen LogP contribution is 2.29. The molecule has 0 fully saturated rings. The summed E-state index contributed by atoms with van der Waals surface area (Å²) in [7, 11) is 1.64. The summed E-state index contributed by atoms with van der Waals surface area (Å²) in [5.41, 5.74) is 3.51. The van der Waals surface area contributed by atoms with E-state index >= 15 is 0 Å². The van der Waals surface area contributed by atoms with Gasteiger partial charge in [0, 0.05) is 0 Å². The molecular formula is C17H17N3O2. The molecule has 0 aliphatic carbocycles. The Hall–Kier alpha value is -2.82. The van der Waals surface area contributed by atoms with Crippen molar-refractivity contribution in [3.8, 4) is 5.75 Å². The number of ether oxygens (including phenoxy) is 1. The Kier molecular flexibility index (Phi) is 3.78. The van der Waals surface area contributed by atoms with Crippen molar-refractivity contribution in [2.45, 2.75) is 6.92 Å². The second kappa shape index (κ2) is 5.89. The average molecular weight is 295 g/mol. The lowest BCUT2D eigenvalue weighted by atomic mass is 10.1. The molecule has 0 bridgehead atoms. The minimum atomic E-state index is -0.0648. The summed E-state index contributed by atoms with van der Waals surface area (Å²) in [6, 6.07) is 15.3. The number of hydrogen-bond acceptors (Lipinski definition) is 4. The van der Waals surface area contributed by atoms with Crippen LogP contribution in [0.25, 0.3) is 0 Å². The predicted molar refractivity (Wildman–Crippen MR) is 87.6 cm³/mol. The molecule has 0 unspecified atom stereocenters. The third-order valence-electron chi connectivity index (χ3n) is 3.53. The Balaban J connectivity index is 1.91. The molecule has 1 aliphatic rings. The van der Waals surface area contributed by atoms with Crippen LogP contribution in [0.3, 0.4) is 0 Å². The molecule has 112 valence electrons. The van der Waals surface area contributed by atoms with Crippen molar-refractivity contribution in [3.63, 3.8) is 0 Å². The van der Waals surface area contributed by atoms with E-state index in [0.717, 1.165) is 28.4 Å². The minimum absolute atomic E-state index is 0.0648. The molecule has 2 aromatic rings. The Morgan fingerprint density at radius 2 is 1.91 bits per heavy atom. The molecule has 1 amide bonds. The first-order valence-corrected chi connectivity index (χ1v) is 7.03. The molecule has 0 atom stereocenters. The van der Waals surface area contributed by atoms with Crippen molar-refractivity contribution in [1.82, 2.24) is 0 Å². The number of para-hydroxylation sites is 2. The predicted octanol–water partition coefficient (Wildman–Crippen LogP) is 2.88. The van der Waals surface area contributed by atoms with E-state index in [9.17, 15) is 4.79 Å². The molecule has 1 aliphatic heterocycles. The first-order chi connectivity index (χ1) is 10.7. The van der Waals surface area contributed by atoms with Crippen molar-refractivity contribution >= 4 is 23.0 Å². The summed E-state index contributed by atoms with van der Waals surface area (Å²) >= 11 is 0. The number of carbonyl (C=O) groups excluding carboxylic acids is 1. The van der Waals surface area contributed by atoms with E-state index in [-0.39, 0.29) is 12.5 Å². The zero-order valence-electron chi connectivity index (χ0n) is 12.5. The van der Waals surface area contributed by atoms with Gasteiger partial charge in [-0.05, 0) is 48.9 Å². The fraction of sp³-hybridized carbons (Fsp3) is 0.176. The van der Waals surface area contributed by atoms with E-state index < -0.39 is 0 Å². The van der Waals surface area contributed by atoms with Gasteiger partial charge in [-0.3, -0.25) is 9.80 Å². The van der Waals surface area contributed by atoms with Crippen LogP contribution in [-0.4, -0.2) is 25.3 Å². The minimum Gasteiger partial charge on any atom is -0.497 e. The maximum Gasteiger partial charge on any atom is 0.246 e. The molecule has 1 heterocycles. The monoisotopic (exact) mass is 295 g/mol. The number of methoxy groups -OCH3 is 1. The second-order valence-corrected chi connectivity index (χ2v) is 5.04. The van der Waals surface area contributed by atoms with Crippen molar-refractivity contribution < 1.29 is 9.53 Å². The standard InChI is InChI=1S/C17H17N3O2/c1-12(13-7-9-14(22-2)10-8-13)19-20-11-17(21)18-15-5-3-4-6-16(15)20/h3-10H,11H2,1-2H3,(H,18,21)/b19-12+. The number of hydrazone groups is 1. The molecule has 0 saturated heterocycles. The van der Waals surface area contributed by atoms with E-state index in [1.54, 1.807) is 12.1 Å². The number of nitrogens with one attached hydrogen (secondary N) is 1. The summed E-state index contributed by atoms with van der Waals surface area (Å²) in [4.78, 5) is 11.8. The largest absolute Gasteiger partial charge is 0.497 e. The van der Waals surface area contributed by atoms with Gasteiger partial charge in [0.1, 0.15) is 12.3 Å². The number of fused-ring (bicyclic) bond motifs is 1. The first kappa shape index (κ1) is 14.1. The molecule has 5 nitrogen and oxygen atoms in total. The van der Waals surface area contributed by atoms with Crippen LogP contribution in [-0.2, 0) is 4.79 Å². The summed E-state index contributed by atoms with van der Waals surface area (Å²) in [5, 5.41) is 9.18. The van der Waals surface area contributed by atoms with Crippen LogP contribution in [0.2, 0.25) is 0 Å². The molecule has 2 aromatic carbocycles. The summed E-state index contributed by atoms with van der Waals surface area (Å²) in [6.07, 6.45) is 0. The smallest absolute Gasteiger partial charge is 0.246 e. The Labute approximate surface area is 129 Å². The number of nitrogens with zero attached hydrogens (tertiary/aromatic N) is 2. The molecule has 0 aromatic heterocycles. The van der Waals surface area contributed by atoms with Crippen LogP contribution in [0.4, 0.5) is 11.4 Å². The van der Waals surface area contributed by atoms with Gasteiger partial charge in [-0.2, -0.15) is 5.10 Å². The normalized spacial score (nSPS) is 14.4. The SMILES string of the molecule is COc1ccc(/C(C)=N/N2CC(=O)Nc3ccccc32)cc1. The average Bonchev–Trinajstić information content (AvgIpc) is 2.54. The topological polar surface area (TPSA) is 53.9 Å². The Morgan fingerprint density at radius 1 is 1.18 bits per heavy atom. The van der Waals surface area contributed by atoms with Gasteiger partial charge in [0.05, 0.1) is 24.2 Å². The van der Waals surface area contributed by atoms with Gasteiger partial charge in [-0.15, -0.1) is 0 Å². The van der Waals surface area contributed by atoms with Gasteiger partial charge in [-0.25, -0.2) is 0 Å². The van der Waals surface area contributed by atoms with Crippen LogP contribution in [0.1, 0.15) is 12.5 Å². The van der Waals surface area contributed by atoms with Crippen LogP contribution < -0.4 is 15.1 Å². The fourth-order valence-corrected chi connectivity index (χ4v) is 2.38. The highest BCUT2D eigenvalue weighted by atomic mass is 16.5. The third kappa shape index (κ3) is 2.79. The number of rotatable bonds is 3. The van der Waals surface area contributed by atoms with Gasteiger partial charge in [0.25, 0.3) is 0 Å². The number of benzene rings is 2. The third-order valence-corrected chi connectivity index (χ3v) is 3.53. The van der Waals surface area contributed by atoms with Crippen LogP contribution in [0.5, 0.6) is 5.75 Å². The number of anilines is 2. The van der Waals surface area contributed by atoms with E-state index in [4.69, 9.17) is 4.74 Å². The van der Waals surface area contributed by atoms with E-state index in [1.807, 2.05) is 55.5 Å². The lowest BCUT2D eigenvalue weighted by Gasteiger charge is -2.27. The maximum absolute atomic E-state index is 11.8. The molecule has 22 heavy (non-hydrogen) atoms. The van der Waals surface area contributed by atoms with E-state index in [2.05, 4.69) is 10.4 Å². The quantitative estimate of drug-likeness (QED) is 0.886. The fourth-order valence-electron chi connectivity index (χ4n) is 2.38. The second-order valence-electron chi connectivity index (χ2n) is 5.04. The molecule has 3 rings (SSSR count). The lowest BCUT2D eigenvalue weighted by molar-refractivity contribution is -0.115. The number of hydrogen-bond donors (Lipinski definition) is 1. The highest BCUT2D eigenvalue weighted by molar-refractivity contribution is 6.03. The zero-order chi connectivity index (χ0) is 15.5. The lowest BCUT2D eigenvalue weighted by Crippen LogP contribution is -2.35.